The molecule has 0 N–H and O–H groups in total. The van der Waals surface area contributed by atoms with Gasteiger partial charge in [0.15, 0.2) is 5.78 Å². The lowest BCUT2D eigenvalue weighted by Crippen LogP contribution is -2.24. The van der Waals surface area contributed by atoms with E-state index in [0.717, 1.165) is 17.7 Å². The third-order valence-electron chi connectivity index (χ3n) is 2.76. The van der Waals surface area contributed by atoms with E-state index >= 15 is 0 Å². The number of amides is 1. The number of carbonyl (C=O) groups excluding carboxylic acids is 2. The van der Waals surface area contributed by atoms with Crippen LogP contribution in [0.15, 0.2) is 30.3 Å². The van der Waals surface area contributed by atoms with E-state index in [1.54, 1.807) is 17.0 Å². The van der Waals surface area contributed by atoms with Crippen LogP contribution >= 0.6 is 0 Å². The Labute approximate surface area is 101 Å². The van der Waals surface area contributed by atoms with Gasteiger partial charge >= 0.3 is 0 Å². The van der Waals surface area contributed by atoms with Crippen LogP contribution in [0.2, 0.25) is 0 Å². The Morgan fingerprint density at radius 3 is 2.53 bits per heavy atom. The quantitative estimate of drug-likeness (QED) is 0.747. The van der Waals surface area contributed by atoms with E-state index in [1.807, 2.05) is 25.1 Å². The first-order valence-electron chi connectivity index (χ1n) is 5.78. The van der Waals surface area contributed by atoms with E-state index in [9.17, 15) is 9.59 Å². The Morgan fingerprint density at radius 1 is 1.29 bits per heavy atom. The van der Waals surface area contributed by atoms with Crippen LogP contribution in [0, 0.1) is 0 Å². The van der Waals surface area contributed by atoms with Crippen molar-refractivity contribution < 1.29 is 9.59 Å². The zero-order valence-corrected chi connectivity index (χ0v) is 10.1. The number of benzene rings is 1. The summed E-state index contributed by atoms with van der Waals surface area (Å²) in [4.78, 5) is 25.1. The van der Waals surface area contributed by atoms with Gasteiger partial charge in [-0.2, -0.15) is 0 Å². The third-order valence-corrected chi connectivity index (χ3v) is 2.76. The van der Waals surface area contributed by atoms with Gasteiger partial charge in [0, 0.05) is 23.7 Å². The Morgan fingerprint density at radius 2 is 1.94 bits per heavy atom. The van der Waals surface area contributed by atoms with Gasteiger partial charge in [-0.3, -0.25) is 9.59 Å². The zero-order valence-electron chi connectivity index (χ0n) is 10.1. The SMILES string of the molecule is CCCN1C(=O)c2ccccc2/C1=C\C(C)=O. The highest BCUT2D eigenvalue weighted by molar-refractivity contribution is 6.12. The Balaban J connectivity index is 2.53. The van der Waals surface area contributed by atoms with Crippen molar-refractivity contribution >= 4 is 17.4 Å². The molecule has 0 radical (unpaired) electrons. The van der Waals surface area contributed by atoms with Gasteiger partial charge in [0.1, 0.15) is 0 Å². The smallest absolute Gasteiger partial charge is 0.258 e. The first-order valence-corrected chi connectivity index (χ1v) is 5.78. The summed E-state index contributed by atoms with van der Waals surface area (Å²) in [5.41, 5.74) is 2.29. The van der Waals surface area contributed by atoms with Crippen molar-refractivity contribution in [1.82, 2.24) is 4.90 Å². The number of hydrogen-bond donors (Lipinski definition) is 0. The molecule has 3 nitrogen and oxygen atoms in total. The van der Waals surface area contributed by atoms with Crippen LogP contribution in [0.1, 0.15) is 36.2 Å². The summed E-state index contributed by atoms with van der Waals surface area (Å²) < 4.78 is 0. The predicted molar refractivity (Wildman–Crippen MR) is 66.4 cm³/mol. The monoisotopic (exact) mass is 229 g/mol. The molecule has 88 valence electrons. The van der Waals surface area contributed by atoms with Gasteiger partial charge in [0.05, 0.1) is 5.70 Å². The van der Waals surface area contributed by atoms with E-state index in [4.69, 9.17) is 0 Å². The Hall–Kier alpha value is -1.90. The number of carbonyl (C=O) groups is 2. The molecule has 0 fully saturated rings. The standard InChI is InChI=1S/C14H15NO2/c1-3-8-15-13(9-10(2)16)11-6-4-5-7-12(11)14(15)17/h4-7,9H,3,8H2,1-2H3/b13-9+. The minimum atomic E-state index is -0.0365. The second-order valence-electron chi connectivity index (χ2n) is 4.14. The number of hydrogen-bond acceptors (Lipinski definition) is 2. The van der Waals surface area contributed by atoms with Crippen LogP contribution in [0.25, 0.3) is 5.70 Å². The molecule has 1 heterocycles. The van der Waals surface area contributed by atoms with Crippen molar-refractivity contribution in [2.24, 2.45) is 0 Å². The van der Waals surface area contributed by atoms with Crippen molar-refractivity contribution in [2.75, 3.05) is 6.54 Å². The molecule has 0 unspecified atom stereocenters. The lowest BCUT2D eigenvalue weighted by atomic mass is 10.1. The van der Waals surface area contributed by atoms with E-state index in [1.165, 1.54) is 6.92 Å². The van der Waals surface area contributed by atoms with Crippen LogP contribution in [0.4, 0.5) is 0 Å². The molecule has 1 aliphatic rings. The van der Waals surface area contributed by atoms with Gasteiger partial charge in [0.25, 0.3) is 5.91 Å². The summed E-state index contributed by atoms with van der Waals surface area (Å²) in [5, 5.41) is 0. The maximum atomic E-state index is 12.2. The molecule has 0 aliphatic carbocycles. The molecule has 1 aromatic rings. The molecule has 0 spiro atoms. The topological polar surface area (TPSA) is 37.4 Å². The Kier molecular flexibility index (Phi) is 3.09. The molecule has 0 saturated carbocycles. The highest BCUT2D eigenvalue weighted by Crippen LogP contribution is 2.32. The van der Waals surface area contributed by atoms with Gasteiger partial charge in [-0.1, -0.05) is 25.1 Å². The molecule has 2 rings (SSSR count). The van der Waals surface area contributed by atoms with Crippen LogP contribution < -0.4 is 0 Å². The number of ketones is 1. The fourth-order valence-electron chi connectivity index (χ4n) is 2.09. The normalized spacial score (nSPS) is 16.5. The molecule has 1 amide bonds. The molecule has 1 aromatic carbocycles. The summed E-state index contributed by atoms with van der Waals surface area (Å²) in [6, 6.07) is 7.42. The van der Waals surface area contributed by atoms with Gasteiger partial charge in [0.2, 0.25) is 0 Å². The summed E-state index contributed by atoms with van der Waals surface area (Å²) in [5.74, 6) is -0.0412. The van der Waals surface area contributed by atoms with Crippen LogP contribution in [0.3, 0.4) is 0 Å². The molecule has 3 heteroatoms. The average molecular weight is 229 g/mol. The van der Waals surface area contributed by atoms with Crippen molar-refractivity contribution in [3.8, 4) is 0 Å². The van der Waals surface area contributed by atoms with Gasteiger partial charge in [-0.05, 0) is 19.4 Å². The van der Waals surface area contributed by atoms with Gasteiger partial charge in [-0.15, -0.1) is 0 Å². The fraction of sp³-hybridized carbons (Fsp3) is 0.286. The lowest BCUT2D eigenvalue weighted by molar-refractivity contribution is -0.112. The lowest BCUT2D eigenvalue weighted by Gasteiger charge is -2.16. The summed E-state index contributed by atoms with van der Waals surface area (Å²) in [6.07, 6.45) is 2.41. The first-order chi connectivity index (χ1) is 8.15. The molecule has 0 aromatic heterocycles. The van der Waals surface area contributed by atoms with Crippen molar-refractivity contribution in [2.45, 2.75) is 20.3 Å². The second-order valence-corrected chi connectivity index (χ2v) is 4.14. The maximum Gasteiger partial charge on any atom is 0.258 e. The molecule has 17 heavy (non-hydrogen) atoms. The minimum Gasteiger partial charge on any atom is -0.308 e. The number of fused-ring (bicyclic) bond motifs is 1. The second kappa shape index (κ2) is 4.53. The predicted octanol–water partition coefficient (Wildman–Crippen LogP) is 2.48. The molecule has 0 saturated heterocycles. The Bertz CT molecular complexity index is 503. The summed E-state index contributed by atoms with van der Waals surface area (Å²) >= 11 is 0. The van der Waals surface area contributed by atoms with Gasteiger partial charge in [-0.25, -0.2) is 0 Å². The van der Waals surface area contributed by atoms with E-state index in [0.29, 0.717) is 12.1 Å². The average Bonchev–Trinajstić information content (AvgIpc) is 2.55. The fourth-order valence-corrected chi connectivity index (χ4v) is 2.09. The van der Waals surface area contributed by atoms with Crippen LogP contribution in [0.5, 0.6) is 0 Å². The zero-order chi connectivity index (χ0) is 12.4. The maximum absolute atomic E-state index is 12.2. The van der Waals surface area contributed by atoms with E-state index in [2.05, 4.69) is 0 Å². The first kappa shape index (κ1) is 11.6. The van der Waals surface area contributed by atoms with Crippen molar-refractivity contribution in [3.63, 3.8) is 0 Å². The van der Waals surface area contributed by atoms with E-state index in [-0.39, 0.29) is 11.7 Å². The molecule has 0 bridgehead atoms. The molecular weight excluding hydrogens is 214 g/mol. The minimum absolute atomic E-state index is 0.00468. The molecule has 1 aliphatic heterocycles. The highest BCUT2D eigenvalue weighted by atomic mass is 16.2. The number of rotatable bonds is 3. The number of allylic oxidation sites excluding steroid dienone is 1. The van der Waals surface area contributed by atoms with Gasteiger partial charge < -0.3 is 4.90 Å². The van der Waals surface area contributed by atoms with E-state index < -0.39 is 0 Å². The molecule has 0 atom stereocenters. The highest BCUT2D eigenvalue weighted by Gasteiger charge is 2.31. The van der Waals surface area contributed by atoms with Crippen molar-refractivity contribution in [1.29, 1.82) is 0 Å². The van der Waals surface area contributed by atoms with Crippen LogP contribution in [-0.4, -0.2) is 23.1 Å². The van der Waals surface area contributed by atoms with Crippen molar-refractivity contribution in [3.05, 3.63) is 41.5 Å². The third kappa shape index (κ3) is 2.00. The molecular formula is C14H15NO2. The largest absolute Gasteiger partial charge is 0.308 e. The summed E-state index contributed by atoms with van der Waals surface area (Å²) in [6.45, 7) is 4.16. The van der Waals surface area contributed by atoms with Crippen LogP contribution in [-0.2, 0) is 4.79 Å². The summed E-state index contributed by atoms with van der Waals surface area (Å²) in [7, 11) is 0. The number of nitrogens with zero attached hydrogens (tertiary/aromatic N) is 1.